The quantitative estimate of drug-likeness (QED) is 0.868. The number of pyridine rings is 1. The molecule has 0 spiro atoms. The lowest BCUT2D eigenvalue weighted by Gasteiger charge is -2.15. The molecule has 5 heteroatoms. The number of carboxylic acid groups (broad SMARTS) is 1. The van der Waals surface area contributed by atoms with Crippen LogP contribution in [-0.2, 0) is 10.2 Å². The number of hydrogen-bond donors (Lipinski definition) is 2. The molecule has 0 saturated heterocycles. The molecule has 5 nitrogen and oxygen atoms in total. The summed E-state index contributed by atoms with van der Waals surface area (Å²) >= 11 is 0. The second-order valence-electron chi connectivity index (χ2n) is 4.70. The zero-order valence-electron chi connectivity index (χ0n) is 10.6. The molecule has 0 unspecified atom stereocenters. The monoisotopic (exact) mass is 245 g/mol. The normalized spacial score (nSPS) is 11.5. The molecule has 2 heterocycles. The molecule has 0 aliphatic heterocycles. The van der Waals surface area contributed by atoms with Gasteiger partial charge in [0.05, 0.1) is 5.69 Å². The number of carbonyl (C=O) groups is 1. The van der Waals surface area contributed by atoms with E-state index in [2.05, 4.69) is 15.0 Å². The summed E-state index contributed by atoms with van der Waals surface area (Å²) in [5.74, 6) is -0.475. The largest absolute Gasteiger partial charge is 0.481 e. The van der Waals surface area contributed by atoms with Gasteiger partial charge < -0.3 is 10.1 Å². The van der Waals surface area contributed by atoms with Gasteiger partial charge in [-0.05, 0) is 32.9 Å². The predicted molar refractivity (Wildman–Crippen MR) is 67.2 cm³/mol. The number of nitrogens with zero attached hydrogens (tertiary/aromatic N) is 2. The molecule has 0 aromatic carbocycles. The highest BCUT2D eigenvalue weighted by Crippen LogP contribution is 2.26. The number of rotatable bonds is 3. The lowest BCUT2D eigenvalue weighted by atomic mass is 9.93. The second kappa shape index (κ2) is 4.25. The Morgan fingerprint density at radius 2 is 2.11 bits per heavy atom. The number of aromatic nitrogens is 3. The number of nitrogens with one attached hydrogen (secondary N) is 1. The fourth-order valence-corrected chi connectivity index (χ4v) is 1.61. The number of aliphatic carboxylic acids is 1. The topological polar surface area (TPSA) is 78.9 Å². The minimum Gasteiger partial charge on any atom is -0.481 e. The highest BCUT2D eigenvalue weighted by atomic mass is 16.4. The van der Waals surface area contributed by atoms with Crippen LogP contribution in [-0.4, -0.2) is 26.0 Å². The molecule has 0 amide bonds. The number of imidazole rings is 1. The van der Waals surface area contributed by atoms with Crippen LogP contribution in [0.15, 0.2) is 24.4 Å². The van der Waals surface area contributed by atoms with Crippen LogP contribution >= 0.6 is 0 Å². The van der Waals surface area contributed by atoms with Crippen LogP contribution in [0.4, 0.5) is 0 Å². The van der Waals surface area contributed by atoms with E-state index in [1.54, 1.807) is 20.0 Å². The molecule has 2 N–H and O–H groups in total. The molecule has 2 aromatic rings. The maximum absolute atomic E-state index is 11.2. The summed E-state index contributed by atoms with van der Waals surface area (Å²) in [6.45, 7) is 5.10. The third kappa shape index (κ3) is 1.99. The van der Waals surface area contributed by atoms with Gasteiger partial charge in [-0.1, -0.05) is 6.07 Å². The predicted octanol–water partition coefficient (Wildman–Crippen LogP) is 2.14. The smallest absolute Gasteiger partial charge is 0.316 e. The van der Waals surface area contributed by atoms with Crippen LogP contribution in [0, 0.1) is 6.92 Å². The standard InChI is InChI=1S/C13H15N3O2/c1-8-10(9-6-4-5-7-14-9)16-11(15-8)13(2,3)12(17)18/h4-7H,1-3H3,(H,15,16)(H,17,18). The third-order valence-corrected chi connectivity index (χ3v) is 2.92. The van der Waals surface area contributed by atoms with E-state index in [9.17, 15) is 9.90 Å². The number of hydrogen-bond acceptors (Lipinski definition) is 3. The van der Waals surface area contributed by atoms with Gasteiger partial charge in [-0.3, -0.25) is 9.78 Å². The van der Waals surface area contributed by atoms with Gasteiger partial charge in [0.1, 0.15) is 16.9 Å². The summed E-state index contributed by atoms with van der Waals surface area (Å²) in [6, 6.07) is 5.55. The zero-order chi connectivity index (χ0) is 13.3. The number of aromatic amines is 1. The van der Waals surface area contributed by atoms with Crippen LogP contribution in [0.2, 0.25) is 0 Å². The van der Waals surface area contributed by atoms with Crippen molar-refractivity contribution in [1.82, 2.24) is 15.0 Å². The van der Waals surface area contributed by atoms with E-state index in [1.165, 1.54) is 0 Å². The first-order valence-electron chi connectivity index (χ1n) is 5.65. The highest BCUT2D eigenvalue weighted by Gasteiger charge is 2.33. The van der Waals surface area contributed by atoms with Gasteiger partial charge in [0.25, 0.3) is 0 Å². The minimum atomic E-state index is -1.04. The average Bonchev–Trinajstić information content (AvgIpc) is 2.73. The molecule has 0 saturated carbocycles. The first kappa shape index (κ1) is 12.3. The maximum Gasteiger partial charge on any atom is 0.316 e. The number of carboxylic acids is 1. The van der Waals surface area contributed by atoms with Crippen molar-refractivity contribution in [3.63, 3.8) is 0 Å². The number of aryl methyl sites for hydroxylation is 1. The number of H-pyrrole nitrogens is 1. The Morgan fingerprint density at radius 1 is 1.39 bits per heavy atom. The summed E-state index contributed by atoms with van der Waals surface area (Å²) in [5.41, 5.74) is 1.20. The average molecular weight is 245 g/mol. The molecule has 0 fully saturated rings. The minimum absolute atomic E-state index is 0.438. The SMILES string of the molecule is Cc1[nH]c(C(C)(C)C(=O)O)nc1-c1ccccn1. The van der Waals surface area contributed by atoms with E-state index in [1.807, 2.05) is 25.1 Å². The van der Waals surface area contributed by atoms with Crippen LogP contribution in [0.1, 0.15) is 25.4 Å². The molecule has 0 aliphatic carbocycles. The van der Waals surface area contributed by atoms with Crippen LogP contribution in [0.5, 0.6) is 0 Å². The van der Waals surface area contributed by atoms with Crippen molar-refractivity contribution in [3.8, 4) is 11.4 Å². The summed E-state index contributed by atoms with van der Waals surface area (Å²) in [5, 5.41) is 9.19. The van der Waals surface area contributed by atoms with E-state index in [4.69, 9.17) is 0 Å². The van der Waals surface area contributed by atoms with Crippen molar-refractivity contribution < 1.29 is 9.90 Å². The Kier molecular flexibility index (Phi) is 2.90. The van der Waals surface area contributed by atoms with Gasteiger partial charge in [-0.25, -0.2) is 4.98 Å². The van der Waals surface area contributed by atoms with E-state index in [-0.39, 0.29) is 0 Å². The summed E-state index contributed by atoms with van der Waals surface area (Å²) in [4.78, 5) is 22.8. The van der Waals surface area contributed by atoms with Crippen molar-refractivity contribution in [2.24, 2.45) is 0 Å². The Bertz CT molecular complexity index is 573. The van der Waals surface area contributed by atoms with Gasteiger partial charge in [0, 0.05) is 11.9 Å². The molecule has 18 heavy (non-hydrogen) atoms. The Morgan fingerprint density at radius 3 is 2.67 bits per heavy atom. The van der Waals surface area contributed by atoms with Crippen LogP contribution < -0.4 is 0 Å². The van der Waals surface area contributed by atoms with Crippen molar-refractivity contribution in [2.45, 2.75) is 26.2 Å². The highest BCUT2D eigenvalue weighted by molar-refractivity contribution is 5.79. The molecule has 0 bridgehead atoms. The van der Waals surface area contributed by atoms with Gasteiger partial charge in [-0.2, -0.15) is 0 Å². The fraction of sp³-hybridized carbons (Fsp3) is 0.308. The first-order valence-corrected chi connectivity index (χ1v) is 5.65. The Hall–Kier alpha value is -2.17. The van der Waals surface area contributed by atoms with Crippen LogP contribution in [0.25, 0.3) is 11.4 Å². The zero-order valence-corrected chi connectivity index (χ0v) is 10.6. The molecule has 2 rings (SSSR count). The van der Waals surface area contributed by atoms with E-state index in [0.717, 1.165) is 11.4 Å². The van der Waals surface area contributed by atoms with Gasteiger partial charge >= 0.3 is 5.97 Å². The first-order chi connectivity index (χ1) is 8.43. The van der Waals surface area contributed by atoms with Crippen molar-refractivity contribution in [1.29, 1.82) is 0 Å². The lowest BCUT2D eigenvalue weighted by molar-refractivity contribution is -0.142. The molecular formula is C13H15N3O2. The molecule has 94 valence electrons. The summed E-state index contributed by atoms with van der Waals surface area (Å²) < 4.78 is 0. The van der Waals surface area contributed by atoms with Gasteiger partial charge in [-0.15, -0.1) is 0 Å². The maximum atomic E-state index is 11.2. The second-order valence-corrected chi connectivity index (χ2v) is 4.70. The molecule has 0 radical (unpaired) electrons. The van der Waals surface area contributed by atoms with Gasteiger partial charge in [0.2, 0.25) is 0 Å². The summed E-state index contributed by atoms with van der Waals surface area (Å²) in [7, 11) is 0. The van der Waals surface area contributed by atoms with Crippen LogP contribution in [0.3, 0.4) is 0 Å². The van der Waals surface area contributed by atoms with Crippen molar-refractivity contribution in [3.05, 3.63) is 35.9 Å². The molecule has 0 aliphatic rings. The summed E-state index contributed by atoms with van der Waals surface area (Å²) in [6.07, 6.45) is 1.69. The third-order valence-electron chi connectivity index (χ3n) is 2.92. The van der Waals surface area contributed by atoms with E-state index < -0.39 is 11.4 Å². The molecule has 2 aromatic heterocycles. The fourth-order valence-electron chi connectivity index (χ4n) is 1.61. The van der Waals surface area contributed by atoms with E-state index >= 15 is 0 Å². The van der Waals surface area contributed by atoms with Crippen molar-refractivity contribution in [2.75, 3.05) is 0 Å². The Labute approximate surface area is 105 Å². The Balaban J connectivity index is 2.49. The molecule has 0 atom stereocenters. The van der Waals surface area contributed by atoms with E-state index in [0.29, 0.717) is 11.5 Å². The van der Waals surface area contributed by atoms with Crippen molar-refractivity contribution >= 4 is 5.97 Å². The molecular weight excluding hydrogens is 230 g/mol. The van der Waals surface area contributed by atoms with Gasteiger partial charge in [0.15, 0.2) is 0 Å². The lowest BCUT2D eigenvalue weighted by Crippen LogP contribution is -2.29.